The Morgan fingerprint density at radius 2 is 0.926 bits per heavy atom. The van der Waals surface area contributed by atoms with Gasteiger partial charge in [0, 0.05) is 0 Å². The molecule has 0 spiro atoms. The van der Waals surface area contributed by atoms with Crippen molar-refractivity contribution in [3.05, 3.63) is 0 Å². The van der Waals surface area contributed by atoms with Crippen LogP contribution in [-0.4, -0.2) is 52.7 Å². The van der Waals surface area contributed by atoms with Crippen LogP contribution in [0, 0.1) is 0 Å². The highest BCUT2D eigenvalue weighted by Crippen LogP contribution is 2.55. The van der Waals surface area contributed by atoms with Crippen molar-refractivity contribution in [1.82, 2.24) is 0 Å². The maximum absolute atomic E-state index is 12.9. The van der Waals surface area contributed by atoms with Gasteiger partial charge in [-0.25, -0.2) is 14.3 Å². The van der Waals surface area contributed by atoms with Gasteiger partial charge in [0.25, 0.3) is 0 Å². The van der Waals surface area contributed by atoms with Gasteiger partial charge in [-0.1, -0.05) is 0 Å². The summed E-state index contributed by atoms with van der Waals surface area (Å²) >= 11 is 3.45. The van der Waals surface area contributed by atoms with Crippen LogP contribution in [0.2, 0.25) is 0 Å². The van der Waals surface area contributed by atoms with Crippen LogP contribution in [-0.2, 0) is 14.3 Å². The fourth-order valence-electron chi connectivity index (χ4n) is 0.892. The van der Waals surface area contributed by atoms with Gasteiger partial charge < -0.3 is 5.11 Å². The lowest BCUT2D eigenvalue weighted by Crippen LogP contribution is -2.63. The van der Waals surface area contributed by atoms with E-state index in [2.05, 4.69) is 11.6 Å². The van der Waals surface area contributed by atoms with E-state index in [0.717, 1.165) is 0 Å². The Hall–Kier alpha value is -1.30. The molecule has 0 saturated heterocycles. The summed E-state index contributed by atoms with van der Waals surface area (Å²) in [6, 6.07) is 0. The second-order valence-electron chi connectivity index (χ2n) is 4.22. The van der Waals surface area contributed by atoms with Gasteiger partial charge in [-0.05, 0) is 11.6 Å². The molecule has 0 aliphatic heterocycles. The summed E-state index contributed by atoms with van der Waals surface area (Å²) in [5.41, 5.74) is 0. The molecule has 162 valence electrons. The smallest absolute Gasteiger partial charge is 0.460 e. The van der Waals surface area contributed by atoms with E-state index in [9.17, 15) is 66.3 Å². The van der Waals surface area contributed by atoms with E-state index >= 15 is 0 Å². The number of aliphatic carboxylic acids is 1. The van der Waals surface area contributed by atoms with E-state index in [4.69, 9.17) is 5.11 Å². The fraction of sp³-hybridized carbons (Fsp3) is 0.875. The molecule has 0 aliphatic carbocycles. The van der Waals surface area contributed by atoms with Crippen molar-refractivity contribution in [3.63, 3.8) is 0 Å². The van der Waals surface area contributed by atoms with Gasteiger partial charge in [-0.3, -0.25) is 0 Å². The average molecular weight is 463 g/mol. The van der Waals surface area contributed by atoms with Crippen molar-refractivity contribution in [2.24, 2.45) is 0 Å². The molecule has 19 heteroatoms. The lowest BCUT2D eigenvalue weighted by molar-refractivity contribution is -0.525. The van der Waals surface area contributed by atoms with Gasteiger partial charge in [-0.15, -0.1) is 0 Å². The Bertz CT molecular complexity index is 570. The zero-order chi connectivity index (χ0) is 22.5. The predicted octanol–water partition coefficient (Wildman–Crippen LogP) is 4.58. The van der Waals surface area contributed by atoms with E-state index in [1.807, 2.05) is 0 Å². The molecule has 0 radical (unpaired) electrons. The molecule has 0 unspecified atom stereocenters. The van der Waals surface area contributed by atoms with Crippen molar-refractivity contribution in [2.45, 2.75) is 41.7 Å². The maximum Gasteiger partial charge on any atom is 0.460 e. The molecule has 0 fully saturated rings. The third kappa shape index (κ3) is 4.58. The number of hydrogen-bond donors (Lipinski definition) is 1. The number of carboxylic acids is 1. The van der Waals surface area contributed by atoms with Gasteiger partial charge in [0.05, 0.1) is 0 Å². The van der Waals surface area contributed by atoms with Crippen molar-refractivity contribution in [3.8, 4) is 0 Å². The second kappa shape index (κ2) is 6.64. The first kappa shape index (κ1) is 25.7. The Balaban J connectivity index is 5.95. The summed E-state index contributed by atoms with van der Waals surface area (Å²) in [5.74, 6) is -18.7. The summed E-state index contributed by atoms with van der Waals surface area (Å²) in [4.78, 5) is 9.76. The van der Waals surface area contributed by atoms with Crippen LogP contribution in [0.4, 0.5) is 61.5 Å². The molecular formula is C8HClF14O4. The van der Waals surface area contributed by atoms with E-state index < -0.39 is 47.6 Å². The normalized spacial score (nSPS) is 15.8. The van der Waals surface area contributed by atoms with Crippen LogP contribution >= 0.6 is 11.6 Å². The van der Waals surface area contributed by atoms with Crippen LogP contribution in [0.1, 0.15) is 0 Å². The van der Waals surface area contributed by atoms with Gasteiger partial charge in [0.2, 0.25) is 0 Å². The second-order valence-corrected chi connectivity index (χ2v) is 4.70. The SMILES string of the molecule is O=C(O)C(F)(F)OC(F)(F)C(F)(F)C(F)(F)OC(F)(F)C(F)(F)C(F)(F)Cl. The topological polar surface area (TPSA) is 55.8 Å². The summed E-state index contributed by atoms with van der Waals surface area (Å²) in [5, 5.41) is 1.22. The summed E-state index contributed by atoms with van der Waals surface area (Å²) < 4.78 is 179. The molecule has 0 amide bonds. The number of carbonyl (C=O) groups is 1. The number of halogens is 15. The van der Waals surface area contributed by atoms with Crippen molar-refractivity contribution in [1.29, 1.82) is 0 Å². The lowest BCUT2D eigenvalue weighted by Gasteiger charge is -2.36. The molecule has 0 rings (SSSR count). The van der Waals surface area contributed by atoms with E-state index in [0.29, 0.717) is 0 Å². The zero-order valence-electron chi connectivity index (χ0n) is 11.3. The lowest BCUT2D eigenvalue weighted by atomic mass is 10.2. The Morgan fingerprint density at radius 1 is 0.630 bits per heavy atom. The Labute approximate surface area is 141 Å². The van der Waals surface area contributed by atoms with Gasteiger partial charge in [-0.2, -0.15) is 61.5 Å². The standard InChI is InChI=1S/C8HClF14O4/c9-5(16,17)3(12,13)6(18,19)27-8(22,23)4(14,15)7(20,21)26-2(10,11)1(24)25/h(H,24,25). The van der Waals surface area contributed by atoms with Crippen molar-refractivity contribution in [2.75, 3.05) is 0 Å². The zero-order valence-corrected chi connectivity index (χ0v) is 12.1. The van der Waals surface area contributed by atoms with Crippen LogP contribution in [0.3, 0.4) is 0 Å². The number of alkyl halides is 15. The van der Waals surface area contributed by atoms with Gasteiger partial charge >= 0.3 is 47.6 Å². The predicted molar refractivity (Wildman–Crippen MR) is 50.3 cm³/mol. The van der Waals surface area contributed by atoms with Crippen molar-refractivity contribution >= 4 is 17.6 Å². The minimum absolute atomic E-state index is 1.36. The Kier molecular flexibility index (Phi) is 6.32. The molecular weight excluding hydrogens is 462 g/mol. The quantitative estimate of drug-likeness (QED) is 0.403. The number of rotatable bonds is 9. The number of carboxylic acid groups (broad SMARTS) is 1. The minimum atomic E-state index is -7.72. The average Bonchev–Trinajstić information content (AvgIpc) is 2.33. The molecule has 27 heavy (non-hydrogen) atoms. The van der Waals surface area contributed by atoms with Gasteiger partial charge in [0.15, 0.2) is 0 Å². The molecule has 0 heterocycles. The minimum Gasteiger partial charge on any atom is -0.475 e. The van der Waals surface area contributed by atoms with Crippen LogP contribution in [0.25, 0.3) is 0 Å². The third-order valence-corrected chi connectivity index (χ3v) is 2.45. The summed E-state index contributed by atoms with van der Waals surface area (Å²) in [7, 11) is 0. The van der Waals surface area contributed by atoms with Gasteiger partial charge in [0.1, 0.15) is 0 Å². The fourth-order valence-corrected chi connectivity index (χ4v) is 1.00. The molecule has 0 saturated carbocycles. The molecule has 0 atom stereocenters. The molecule has 0 aromatic carbocycles. The molecule has 0 aliphatic rings. The van der Waals surface area contributed by atoms with E-state index in [1.165, 1.54) is 4.74 Å². The Morgan fingerprint density at radius 3 is 1.22 bits per heavy atom. The number of ether oxygens (including phenoxy) is 2. The molecule has 0 aromatic heterocycles. The first-order valence-corrected chi connectivity index (χ1v) is 5.71. The number of hydrogen-bond acceptors (Lipinski definition) is 3. The summed E-state index contributed by atoms with van der Waals surface area (Å²) in [6.07, 6.45) is -28.7. The first-order valence-electron chi connectivity index (χ1n) is 5.33. The van der Waals surface area contributed by atoms with E-state index in [-0.39, 0.29) is 0 Å². The maximum atomic E-state index is 12.9. The summed E-state index contributed by atoms with van der Waals surface area (Å²) in [6.45, 7) is 0. The van der Waals surface area contributed by atoms with E-state index in [1.54, 1.807) is 4.74 Å². The van der Waals surface area contributed by atoms with Crippen LogP contribution in [0.15, 0.2) is 0 Å². The highest BCUT2D eigenvalue weighted by molar-refractivity contribution is 6.22. The molecule has 1 N–H and O–H groups in total. The van der Waals surface area contributed by atoms with Crippen LogP contribution < -0.4 is 0 Å². The highest BCUT2D eigenvalue weighted by atomic mass is 35.5. The molecule has 0 bridgehead atoms. The monoisotopic (exact) mass is 462 g/mol. The molecule has 0 aromatic rings. The largest absolute Gasteiger partial charge is 0.475 e. The van der Waals surface area contributed by atoms with Crippen molar-refractivity contribution < 1.29 is 80.8 Å². The third-order valence-electron chi connectivity index (χ3n) is 2.21. The first-order chi connectivity index (χ1) is 11.4. The molecule has 4 nitrogen and oxygen atoms in total. The highest BCUT2D eigenvalue weighted by Gasteiger charge is 2.82. The van der Waals surface area contributed by atoms with Crippen LogP contribution in [0.5, 0.6) is 0 Å².